The molecule has 3 nitrogen and oxygen atoms in total. The summed E-state index contributed by atoms with van der Waals surface area (Å²) in [5.74, 6) is 0.710. The van der Waals surface area contributed by atoms with Crippen molar-refractivity contribution in [3.05, 3.63) is 12.7 Å². The van der Waals surface area contributed by atoms with Crippen LogP contribution in [-0.2, 0) is 4.79 Å². The fraction of sp³-hybridized carbons (Fsp3) is 0.769. The number of hydrogen-bond acceptors (Lipinski definition) is 2. The summed E-state index contributed by atoms with van der Waals surface area (Å²) in [6.07, 6.45) is 8.24. The average Bonchev–Trinajstić information content (AvgIpc) is 2.29. The van der Waals surface area contributed by atoms with Crippen LogP contribution >= 0.6 is 0 Å². The fourth-order valence-electron chi connectivity index (χ4n) is 2.38. The van der Waals surface area contributed by atoms with Crippen LogP contribution in [0.5, 0.6) is 0 Å². The van der Waals surface area contributed by atoms with Crippen molar-refractivity contribution in [2.75, 3.05) is 13.1 Å². The topological polar surface area (TPSA) is 46.3 Å². The SMILES string of the molecule is C=CCN(CC1CCCCC1)C(=O)[C@@H](C)N. The lowest BCUT2D eigenvalue weighted by molar-refractivity contribution is -0.132. The third kappa shape index (κ3) is 3.97. The Labute approximate surface area is 98.7 Å². The summed E-state index contributed by atoms with van der Waals surface area (Å²) in [4.78, 5) is 13.7. The van der Waals surface area contributed by atoms with Gasteiger partial charge in [0.2, 0.25) is 5.91 Å². The number of carbonyl (C=O) groups is 1. The maximum atomic E-state index is 11.9. The second-order valence-electron chi connectivity index (χ2n) is 4.82. The maximum absolute atomic E-state index is 11.9. The number of amides is 1. The Balaban J connectivity index is 2.48. The summed E-state index contributed by atoms with van der Waals surface area (Å²) in [7, 11) is 0. The first-order chi connectivity index (χ1) is 7.65. The Kier molecular flexibility index (Phi) is 5.53. The van der Waals surface area contributed by atoms with Crippen LogP contribution in [0.2, 0.25) is 0 Å². The van der Waals surface area contributed by atoms with E-state index in [1.807, 2.05) is 4.90 Å². The first kappa shape index (κ1) is 13.2. The number of carbonyl (C=O) groups excluding carboxylic acids is 1. The first-order valence-corrected chi connectivity index (χ1v) is 6.30. The minimum atomic E-state index is -0.399. The Morgan fingerprint density at radius 1 is 1.50 bits per heavy atom. The molecule has 1 aliphatic carbocycles. The van der Waals surface area contributed by atoms with E-state index in [0.29, 0.717) is 12.5 Å². The average molecular weight is 224 g/mol. The predicted octanol–water partition coefficient (Wildman–Crippen LogP) is 1.93. The van der Waals surface area contributed by atoms with Crippen molar-refractivity contribution in [1.82, 2.24) is 4.90 Å². The standard InChI is InChI=1S/C13H24N2O/c1-3-9-15(13(16)11(2)14)10-12-7-5-4-6-8-12/h3,11-12H,1,4-10,14H2,2H3/t11-/m1/s1. The van der Waals surface area contributed by atoms with E-state index in [-0.39, 0.29) is 5.91 Å². The Morgan fingerprint density at radius 3 is 2.62 bits per heavy atom. The van der Waals surface area contributed by atoms with Crippen molar-refractivity contribution in [2.24, 2.45) is 11.7 Å². The maximum Gasteiger partial charge on any atom is 0.239 e. The molecule has 0 unspecified atom stereocenters. The van der Waals surface area contributed by atoms with Gasteiger partial charge in [0.05, 0.1) is 6.04 Å². The molecule has 0 bridgehead atoms. The van der Waals surface area contributed by atoms with Crippen molar-refractivity contribution in [3.63, 3.8) is 0 Å². The molecule has 0 aromatic rings. The molecule has 0 aromatic carbocycles. The molecule has 16 heavy (non-hydrogen) atoms. The molecule has 0 spiro atoms. The smallest absolute Gasteiger partial charge is 0.239 e. The van der Waals surface area contributed by atoms with Crippen molar-refractivity contribution in [1.29, 1.82) is 0 Å². The van der Waals surface area contributed by atoms with Crippen molar-refractivity contribution >= 4 is 5.91 Å². The van der Waals surface area contributed by atoms with Gasteiger partial charge in [0.25, 0.3) is 0 Å². The molecule has 1 saturated carbocycles. The molecule has 1 atom stereocenters. The van der Waals surface area contributed by atoms with E-state index in [1.54, 1.807) is 13.0 Å². The minimum absolute atomic E-state index is 0.0467. The normalized spacial score (nSPS) is 19.1. The van der Waals surface area contributed by atoms with Crippen LogP contribution < -0.4 is 5.73 Å². The van der Waals surface area contributed by atoms with Gasteiger partial charge >= 0.3 is 0 Å². The molecule has 2 N–H and O–H groups in total. The number of nitrogens with two attached hydrogens (primary N) is 1. The molecule has 1 rings (SSSR count). The first-order valence-electron chi connectivity index (χ1n) is 6.30. The molecule has 0 aliphatic heterocycles. The highest BCUT2D eigenvalue weighted by molar-refractivity contribution is 5.81. The van der Waals surface area contributed by atoms with Gasteiger partial charge in [0, 0.05) is 13.1 Å². The third-order valence-electron chi connectivity index (χ3n) is 3.25. The van der Waals surface area contributed by atoms with Gasteiger partial charge in [0.1, 0.15) is 0 Å². The summed E-state index contributed by atoms with van der Waals surface area (Å²) in [5, 5.41) is 0. The van der Waals surface area contributed by atoms with E-state index >= 15 is 0 Å². The zero-order valence-corrected chi connectivity index (χ0v) is 10.3. The Hall–Kier alpha value is -0.830. The number of rotatable bonds is 5. The molecule has 0 aromatic heterocycles. The van der Waals surface area contributed by atoms with Crippen LogP contribution in [0.3, 0.4) is 0 Å². The highest BCUT2D eigenvalue weighted by Crippen LogP contribution is 2.24. The van der Waals surface area contributed by atoms with Crippen LogP contribution in [-0.4, -0.2) is 29.9 Å². The summed E-state index contributed by atoms with van der Waals surface area (Å²) in [5.41, 5.74) is 5.65. The number of hydrogen-bond donors (Lipinski definition) is 1. The zero-order valence-electron chi connectivity index (χ0n) is 10.3. The molecular weight excluding hydrogens is 200 g/mol. The number of nitrogens with zero attached hydrogens (tertiary/aromatic N) is 1. The van der Waals surface area contributed by atoms with Crippen LogP contribution in [0.1, 0.15) is 39.0 Å². The van der Waals surface area contributed by atoms with Crippen molar-refractivity contribution in [3.8, 4) is 0 Å². The Morgan fingerprint density at radius 2 is 2.12 bits per heavy atom. The van der Waals surface area contributed by atoms with E-state index in [2.05, 4.69) is 6.58 Å². The summed E-state index contributed by atoms with van der Waals surface area (Å²) in [6, 6.07) is -0.399. The van der Waals surface area contributed by atoms with Gasteiger partial charge in [-0.3, -0.25) is 4.79 Å². The van der Waals surface area contributed by atoms with E-state index in [9.17, 15) is 4.79 Å². The van der Waals surface area contributed by atoms with Crippen LogP contribution in [0.15, 0.2) is 12.7 Å². The van der Waals surface area contributed by atoms with Crippen LogP contribution in [0, 0.1) is 5.92 Å². The lowest BCUT2D eigenvalue weighted by Gasteiger charge is -2.30. The quantitative estimate of drug-likeness (QED) is 0.725. The summed E-state index contributed by atoms with van der Waals surface area (Å²) >= 11 is 0. The molecule has 0 heterocycles. The Bertz CT molecular complexity index is 232. The highest BCUT2D eigenvalue weighted by atomic mass is 16.2. The van der Waals surface area contributed by atoms with E-state index < -0.39 is 6.04 Å². The van der Waals surface area contributed by atoms with Gasteiger partial charge in [0.15, 0.2) is 0 Å². The summed E-state index contributed by atoms with van der Waals surface area (Å²) < 4.78 is 0. The van der Waals surface area contributed by atoms with E-state index in [4.69, 9.17) is 5.73 Å². The molecule has 1 amide bonds. The van der Waals surface area contributed by atoms with Crippen molar-refractivity contribution in [2.45, 2.75) is 45.1 Å². The van der Waals surface area contributed by atoms with Gasteiger partial charge in [-0.25, -0.2) is 0 Å². The molecule has 3 heteroatoms. The molecule has 0 radical (unpaired) electrons. The third-order valence-corrected chi connectivity index (χ3v) is 3.25. The van der Waals surface area contributed by atoms with Gasteiger partial charge in [-0.05, 0) is 25.7 Å². The monoisotopic (exact) mass is 224 g/mol. The molecule has 1 fully saturated rings. The van der Waals surface area contributed by atoms with E-state index in [0.717, 1.165) is 6.54 Å². The lowest BCUT2D eigenvalue weighted by atomic mass is 9.89. The minimum Gasteiger partial charge on any atom is -0.337 e. The fourth-order valence-corrected chi connectivity index (χ4v) is 2.38. The summed E-state index contributed by atoms with van der Waals surface area (Å²) in [6.45, 7) is 6.93. The molecule has 0 saturated heterocycles. The molecule has 92 valence electrons. The van der Waals surface area contributed by atoms with Gasteiger partial charge in [-0.2, -0.15) is 0 Å². The second kappa shape index (κ2) is 6.69. The lowest BCUT2D eigenvalue weighted by Crippen LogP contribution is -2.44. The van der Waals surface area contributed by atoms with E-state index in [1.165, 1.54) is 32.1 Å². The molecular formula is C13H24N2O. The second-order valence-corrected chi connectivity index (χ2v) is 4.82. The van der Waals surface area contributed by atoms with Gasteiger partial charge < -0.3 is 10.6 Å². The molecule has 1 aliphatic rings. The van der Waals surface area contributed by atoms with Crippen LogP contribution in [0.4, 0.5) is 0 Å². The largest absolute Gasteiger partial charge is 0.337 e. The predicted molar refractivity (Wildman–Crippen MR) is 67.0 cm³/mol. The van der Waals surface area contributed by atoms with Crippen molar-refractivity contribution < 1.29 is 4.79 Å². The zero-order chi connectivity index (χ0) is 12.0. The van der Waals surface area contributed by atoms with Crippen LogP contribution in [0.25, 0.3) is 0 Å². The van der Waals surface area contributed by atoms with Gasteiger partial charge in [-0.1, -0.05) is 25.3 Å². The highest BCUT2D eigenvalue weighted by Gasteiger charge is 2.21. The van der Waals surface area contributed by atoms with Gasteiger partial charge in [-0.15, -0.1) is 6.58 Å².